The first-order valence-corrected chi connectivity index (χ1v) is 10.4. The zero-order valence-electron chi connectivity index (χ0n) is 13.4. The first kappa shape index (κ1) is 19.2. The molecule has 1 N–H and O–H groups in total. The summed E-state index contributed by atoms with van der Waals surface area (Å²) in [7, 11) is -3.17. The average molecular weight is 389 g/mol. The van der Waals surface area contributed by atoms with Gasteiger partial charge in [0.05, 0.1) is 15.6 Å². The van der Waals surface area contributed by atoms with Gasteiger partial charge in [-0.2, -0.15) is 0 Å². The maximum Gasteiger partial charge on any atom is 0.175 e. The van der Waals surface area contributed by atoms with Gasteiger partial charge in [0.2, 0.25) is 0 Å². The summed E-state index contributed by atoms with van der Waals surface area (Å²) in [5, 5.41) is 6.60. The molecule has 2 aromatic rings. The molecule has 24 heavy (non-hydrogen) atoms. The standard InChI is InChI=1S/C16H20N2O3S2.ClH/c1-23(19,20)15-4-2-14(3-5-15)21-10-13-11-22-16(18-13)12-6-8-17-9-7-12;/h2-5,11-12,17H,6-10H2,1H3;1H. The number of ether oxygens (including phenoxy) is 1. The van der Waals surface area contributed by atoms with Gasteiger partial charge in [-0.05, 0) is 50.2 Å². The maximum atomic E-state index is 11.4. The Bertz CT molecular complexity index is 754. The summed E-state index contributed by atoms with van der Waals surface area (Å²) in [4.78, 5) is 4.97. The molecular weight excluding hydrogens is 368 g/mol. The Morgan fingerprint density at radius 2 is 1.92 bits per heavy atom. The second kappa shape index (κ2) is 8.29. The largest absolute Gasteiger partial charge is 0.487 e. The van der Waals surface area contributed by atoms with Crippen molar-refractivity contribution < 1.29 is 13.2 Å². The van der Waals surface area contributed by atoms with Crippen LogP contribution < -0.4 is 10.1 Å². The van der Waals surface area contributed by atoms with E-state index < -0.39 is 9.84 Å². The maximum absolute atomic E-state index is 11.4. The van der Waals surface area contributed by atoms with E-state index in [4.69, 9.17) is 4.74 Å². The Morgan fingerprint density at radius 1 is 1.25 bits per heavy atom. The lowest BCUT2D eigenvalue weighted by atomic mass is 9.99. The number of nitrogens with one attached hydrogen (secondary N) is 1. The predicted octanol–water partition coefficient (Wildman–Crippen LogP) is 3.01. The average Bonchev–Trinajstić information content (AvgIpc) is 3.02. The molecule has 132 valence electrons. The summed E-state index contributed by atoms with van der Waals surface area (Å²) in [5.41, 5.74) is 0.927. The second-order valence-electron chi connectivity index (χ2n) is 5.73. The van der Waals surface area contributed by atoms with Gasteiger partial charge in [0.1, 0.15) is 12.4 Å². The van der Waals surface area contributed by atoms with Crippen molar-refractivity contribution >= 4 is 33.6 Å². The van der Waals surface area contributed by atoms with Gasteiger partial charge in [0.15, 0.2) is 9.84 Å². The Hall–Kier alpha value is -1.15. The van der Waals surface area contributed by atoms with Crippen molar-refractivity contribution in [1.82, 2.24) is 10.3 Å². The summed E-state index contributed by atoms with van der Waals surface area (Å²) >= 11 is 1.70. The van der Waals surface area contributed by atoms with Crippen molar-refractivity contribution in [1.29, 1.82) is 0 Å². The number of piperidine rings is 1. The Balaban J connectivity index is 0.00000208. The number of hydrogen-bond acceptors (Lipinski definition) is 6. The van der Waals surface area contributed by atoms with Crippen molar-refractivity contribution in [3.63, 3.8) is 0 Å². The Kier molecular flexibility index (Phi) is 6.62. The fourth-order valence-corrected chi connectivity index (χ4v) is 4.19. The van der Waals surface area contributed by atoms with Crippen LogP contribution in [0.2, 0.25) is 0 Å². The molecule has 1 aromatic carbocycles. The van der Waals surface area contributed by atoms with Crippen LogP contribution in [0, 0.1) is 0 Å². The highest BCUT2D eigenvalue weighted by atomic mass is 35.5. The van der Waals surface area contributed by atoms with Gasteiger partial charge in [-0.1, -0.05) is 0 Å². The van der Waals surface area contributed by atoms with Crippen LogP contribution in [0.15, 0.2) is 34.5 Å². The first-order chi connectivity index (χ1) is 11.0. The molecule has 3 rings (SSSR count). The van der Waals surface area contributed by atoms with Crippen LogP contribution in [0.1, 0.15) is 29.5 Å². The Morgan fingerprint density at radius 3 is 2.54 bits per heavy atom. The van der Waals surface area contributed by atoms with Crippen LogP contribution in [-0.2, 0) is 16.4 Å². The number of thiazole rings is 1. The summed E-state index contributed by atoms with van der Waals surface area (Å²) in [6.45, 7) is 2.52. The Labute approximate surface area is 152 Å². The van der Waals surface area contributed by atoms with Crippen molar-refractivity contribution in [3.8, 4) is 5.75 Å². The molecule has 0 bridgehead atoms. The van der Waals surface area contributed by atoms with Crippen molar-refractivity contribution in [2.45, 2.75) is 30.3 Å². The molecule has 0 atom stereocenters. The zero-order valence-corrected chi connectivity index (χ0v) is 15.8. The summed E-state index contributed by atoms with van der Waals surface area (Å²) < 4.78 is 28.5. The molecule has 1 aliphatic heterocycles. The van der Waals surface area contributed by atoms with E-state index in [1.807, 2.05) is 5.38 Å². The van der Waals surface area contributed by atoms with Crippen molar-refractivity contribution in [2.24, 2.45) is 0 Å². The lowest BCUT2D eigenvalue weighted by Gasteiger charge is -2.20. The fraction of sp³-hybridized carbons (Fsp3) is 0.438. The van der Waals surface area contributed by atoms with E-state index >= 15 is 0 Å². The number of rotatable bonds is 5. The first-order valence-electron chi connectivity index (χ1n) is 7.60. The molecular formula is C16H21ClN2O3S2. The molecule has 1 aliphatic rings. The number of nitrogens with zero attached hydrogens (tertiary/aromatic N) is 1. The van der Waals surface area contributed by atoms with Crippen LogP contribution >= 0.6 is 23.7 Å². The van der Waals surface area contributed by atoms with Crippen LogP contribution in [0.3, 0.4) is 0 Å². The molecule has 8 heteroatoms. The third-order valence-electron chi connectivity index (χ3n) is 3.90. The molecule has 1 saturated heterocycles. The fourth-order valence-electron chi connectivity index (χ4n) is 2.59. The minimum Gasteiger partial charge on any atom is -0.487 e. The third-order valence-corrected chi connectivity index (χ3v) is 6.08. The van der Waals surface area contributed by atoms with Crippen LogP contribution in [0.4, 0.5) is 0 Å². The molecule has 0 saturated carbocycles. The van der Waals surface area contributed by atoms with Crippen LogP contribution in [0.5, 0.6) is 5.75 Å². The van der Waals surface area contributed by atoms with E-state index in [1.54, 1.807) is 35.6 Å². The lowest BCUT2D eigenvalue weighted by Crippen LogP contribution is -2.26. The molecule has 0 spiro atoms. The molecule has 1 fully saturated rings. The van der Waals surface area contributed by atoms with Gasteiger partial charge in [0.25, 0.3) is 0 Å². The minimum atomic E-state index is -3.17. The lowest BCUT2D eigenvalue weighted by molar-refractivity contribution is 0.301. The monoisotopic (exact) mass is 388 g/mol. The second-order valence-corrected chi connectivity index (χ2v) is 8.64. The highest BCUT2D eigenvalue weighted by Gasteiger charge is 2.18. The SMILES string of the molecule is CS(=O)(=O)c1ccc(OCc2csc(C3CCNCC3)n2)cc1.Cl. The van der Waals surface area contributed by atoms with Gasteiger partial charge < -0.3 is 10.1 Å². The molecule has 0 radical (unpaired) electrons. The molecule has 5 nitrogen and oxygen atoms in total. The van der Waals surface area contributed by atoms with Gasteiger partial charge in [0, 0.05) is 17.6 Å². The van der Waals surface area contributed by atoms with Gasteiger partial charge in [-0.25, -0.2) is 13.4 Å². The zero-order chi connectivity index (χ0) is 16.3. The minimum absolute atomic E-state index is 0. The quantitative estimate of drug-likeness (QED) is 0.852. The molecule has 1 aromatic heterocycles. The molecule has 0 aliphatic carbocycles. The number of benzene rings is 1. The smallest absolute Gasteiger partial charge is 0.175 e. The van der Waals surface area contributed by atoms with E-state index in [9.17, 15) is 8.42 Å². The molecule has 0 unspecified atom stereocenters. The van der Waals surface area contributed by atoms with Crippen LogP contribution in [0.25, 0.3) is 0 Å². The third kappa shape index (κ3) is 4.92. The summed E-state index contributed by atoms with van der Waals surface area (Å²) in [6, 6.07) is 6.48. The van der Waals surface area contributed by atoms with E-state index in [0.29, 0.717) is 23.2 Å². The molecule has 0 amide bonds. The van der Waals surface area contributed by atoms with E-state index in [-0.39, 0.29) is 12.4 Å². The van der Waals surface area contributed by atoms with Gasteiger partial charge in [-0.15, -0.1) is 23.7 Å². The van der Waals surface area contributed by atoms with Crippen molar-refractivity contribution in [2.75, 3.05) is 19.3 Å². The number of sulfone groups is 1. The summed E-state index contributed by atoms with van der Waals surface area (Å²) in [6.07, 6.45) is 3.47. The number of aromatic nitrogens is 1. The van der Waals surface area contributed by atoms with Crippen LogP contribution in [-0.4, -0.2) is 32.7 Å². The van der Waals surface area contributed by atoms with Gasteiger partial charge >= 0.3 is 0 Å². The van der Waals surface area contributed by atoms with E-state index in [2.05, 4.69) is 10.3 Å². The van der Waals surface area contributed by atoms with Gasteiger partial charge in [-0.3, -0.25) is 0 Å². The molecule has 2 heterocycles. The van der Waals surface area contributed by atoms with E-state index in [0.717, 1.165) is 31.6 Å². The number of hydrogen-bond donors (Lipinski definition) is 1. The number of halogens is 1. The highest BCUT2D eigenvalue weighted by Crippen LogP contribution is 2.28. The normalized spacial score (nSPS) is 15.7. The highest BCUT2D eigenvalue weighted by molar-refractivity contribution is 7.90. The van der Waals surface area contributed by atoms with Crippen molar-refractivity contribution in [3.05, 3.63) is 40.3 Å². The topological polar surface area (TPSA) is 68.3 Å². The van der Waals surface area contributed by atoms with E-state index in [1.165, 1.54) is 11.3 Å². The summed E-state index contributed by atoms with van der Waals surface area (Å²) in [5.74, 6) is 1.21. The predicted molar refractivity (Wildman–Crippen MR) is 98.1 cm³/mol.